The number of nitrogens with zero attached hydrogens (tertiary/aromatic N) is 1. The molecule has 2 rings (SSSR count). The van der Waals surface area contributed by atoms with E-state index in [1.165, 1.54) is 18.4 Å². The van der Waals surface area contributed by atoms with Crippen LogP contribution in [-0.4, -0.2) is 11.5 Å². The smallest absolute Gasteiger partial charge is 0.0306 e. The minimum atomic E-state index is 0.267. The van der Waals surface area contributed by atoms with E-state index >= 15 is 0 Å². The van der Waals surface area contributed by atoms with E-state index in [2.05, 4.69) is 18.0 Å². The first kappa shape index (κ1) is 8.70. The third kappa shape index (κ3) is 1.25. The van der Waals surface area contributed by atoms with Crippen LogP contribution in [-0.2, 0) is 5.41 Å². The highest BCUT2D eigenvalue weighted by atomic mass is 14.7. The molecule has 2 N–H and O–H groups in total. The molecule has 1 aromatic heterocycles. The van der Waals surface area contributed by atoms with Crippen molar-refractivity contribution >= 4 is 0 Å². The molecule has 1 fully saturated rings. The standard InChI is InChI=1S/C11H16N2/c1-2-9-6-11(9,8-12)10-4-3-5-13-7-10/h3-5,7,9H,2,6,8,12H2,1H3. The van der Waals surface area contributed by atoms with Crippen molar-refractivity contribution in [2.24, 2.45) is 11.7 Å². The largest absolute Gasteiger partial charge is 0.330 e. The lowest BCUT2D eigenvalue weighted by Crippen LogP contribution is -2.22. The van der Waals surface area contributed by atoms with Crippen molar-refractivity contribution in [1.82, 2.24) is 4.98 Å². The number of rotatable bonds is 3. The van der Waals surface area contributed by atoms with Gasteiger partial charge >= 0.3 is 0 Å². The van der Waals surface area contributed by atoms with Crippen molar-refractivity contribution in [3.05, 3.63) is 30.1 Å². The van der Waals surface area contributed by atoms with Gasteiger partial charge in [0.1, 0.15) is 0 Å². The van der Waals surface area contributed by atoms with Crippen molar-refractivity contribution in [3.8, 4) is 0 Å². The fraction of sp³-hybridized carbons (Fsp3) is 0.545. The van der Waals surface area contributed by atoms with Gasteiger partial charge in [0.25, 0.3) is 0 Å². The molecule has 2 atom stereocenters. The molecule has 0 bridgehead atoms. The number of hydrogen-bond donors (Lipinski definition) is 1. The molecule has 0 aromatic carbocycles. The van der Waals surface area contributed by atoms with Crippen LogP contribution in [0.2, 0.25) is 0 Å². The monoisotopic (exact) mass is 176 g/mol. The summed E-state index contributed by atoms with van der Waals surface area (Å²) in [6.07, 6.45) is 6.25. The summed E-state index contributed by atoms with van der Waals surface area (Å²) in [6, 6.07) is 4.15. The molecule has 0 aliphatic heterocycles. The van der Waals surface area contributed by atoms with Crippen LogP contribution in [0.25, 0.3) is 0 Å². The molecule has 2 heteroatoms. The average molecular weight is 176 g/mol. The summed E-state index contributed by atoms with van der Waals surface area (Å²) < 4.78 is 0. The quantitative estimate of drug-likeness (QED) is 0.761. The van der Waals surface area contributed by atoms with E-state index in [4.69, 9.17) is 5.73 Å². The SMILES string of the molecule is CCC1CC1(CN)c1cccnc1. The lowest BCUT2D eigenvalue weighted by molar-refractivity contribution is 0.598. The van der Waals surface area contributed by atoms with E-state index in [-0.39, 0.29) is 5.41 Å². The topological polar surface area (TPSA) is 38.9 Å². The Morgan fingerprint density at radius 3 is 3.00 bits per heavy atom. The molecule has 2 unspecified atom stereocenters. The molecule has 1 aromatic rings. The highest BCUT2D eigenvalue weighted by Gasteiger charge is 2.52. The Hall–Kier alpha value is -0.890. The van der Waals surface area contributed by atoms with Crippen molar-refractivity contribution in [2.45, 2.75) is 25.2 Å². The second kappa shape index (κ2) is 3.11. The third-order valence-electron chi connectivity index (χ3n) is 3.33. The first-order chi connectivity index (χ1) is 6.33. The van der Waals surface area contributed by atoms with Crippen LogP contribution in [0, 0.1) is 5.92 Å². The van der Waals surface area contributed by atoms with Crippen molar-refractivity contribution in [2.75, 3.05) is 6.54 Å². The molecule has 1 heterocycles. The van der Waals surface area contributed by atoms with Crippen molar-refractivity contribution in [3.63, 3.8) is 0 Å². The van der Waals surface area contributed by atoms with Crippen LogP contribution in [0.5, 0.6) is 0 Å². The number of nitrogens with two attached hydrogens (primary N) is 1. The fourth-order valence-corrected chi connectivity index (χ4v) is 2.29. The number of hydrogen-bond acceptors (Lipinski definition) is 2. The zero-order valence-corrected chi connectivity index (χ0v) is 8.03. The Morgan fingerprint density at radius 1 is 1.69 bits per heavy atom. The predicted octanol–water partition coefficient (Wildman–Crippen LogP) is 1.71. The van der Waals surface area contributed by atoms with Crippen LogP contribution in [0.15, 0.2) is 24.5 Å². The first-order valence-electron chi connectivity index (χ1n) is 4.94. The number of aromatic nitrogens is 1. The third-order valence-corrected chi connectivity index (χ3v) is 3.33. The van der Waals surface area contributed by atoms with E-state index in [9.17, 15) is 0 Å². The molecule has 2 nitrogen and oxygen atoms in total. The summed E-state index contributed by atoms with van der Waals surface area (Å²) in [7, 11) is 0. The van der Waals surface area contributed by atoms with Gasteiger partial charge < -0.3 is 5.73 Å². The lowest BCUT2D eigenvalue weighted by Gasteiger charge is -2.14. The Bertz CT molecular complexity index is 283. The summed E-state index contributed by atoms with van der Waals surface area (Å²) in [5, 5.41) is 0. The minimum Gasteiger partial charge on any atom is -0.330 e. The Morgan fingerprint density at radius 2 is 2.54 bits per heavy atom. The molecule has 1 saturated carbocycles. The summed E-state index contributed by atoms with van der Waals surface area (Å²) in [5.41, 5.74) is 7.43. The van der Waals surface area contributed by atoms with Crippen LogP contribution in [0.3, 0.4) is 0 Å². The van der Waals surface area contributed by atoms with Gasteiger partial charge in [0.2, 0.25) is 0 Å². The predicted molar refractivity (Wildman–Crippen MR) is 53.4 cm³/mol. The van der Waals surface area contributed by atoms with Crippen LogP contribution >= 0.6 is 0 Å². The van der Waals surface area contributed by atoms with E-state index in [1.807, 2.05) is 18.5 Å². The highest BCUT2D eigenvalue weighted by Crippen LogP contribution is 2.54. The van der Waals surface area contributed by atoms with E-state index in [0.29, 0.717) is 0 Å². The lowest BCUT2D eigenvalue weighted by atomic mass is 9.94. The molecule has 13 heavy (non-hydrogen) atoms. The second-order valence-electron chi connectivity index (χ2n) is 3.91. The summed E-state index contributed by atoms with van der Waals surface area (Å²) >= 11 is 0. The average Bonchev–Trinajstić information content (AvgIpc) is 2.94. The van der Waals surface area contributed by atoms with Gasteiger partial charge in [0.05, 0.1) is 0 Å². The molecule has 1 aliphatic rings. The van der Waals surface area contributed by atoms with Crippen LogP contribution < -0.4 is 5.73 Å². The van der Waals surface area contributed by atoms with Crippen LogP contribution in [0.1, 0.15) is 25.3 Å². The van der Waals surface area contributed by atoms with Crippen molar-refractivity contribution in [1.29, 1.82) is 0 Å². The molecule has 0 amide bonds. The maximum atomic E-state index is 5.84. The number of pyridine rings is 1. The van der Waals surface area contributed by atoms with Gasteiger partial charge in [-0.15, -0.1) is 0 Å². The van der Waals surface area contributed by atoms with Gasteiger partial charge in [-0.05, 0) is 24.0 Å². The maximum Gasteiger partial charge on any atom is 0.0306 e. The maximum absolute atomic E-state index is 5.84. The van der Waals surface area contributed by atoms with Gasteiger partial charge in [-0.3, -0.25) is 4.98 Å². The summed E-state index contributed by atoms with van der Waals surface area (Å²) in [4.78, 5) is 4.15. The molecule has 0 saturated heterocycles. The Kier molecular flexibility index (Phi) is 2.08. The summed E-state index contributed by atoms with van der Waals surface area (Å²) in [6.45, 7) is 3.00. The zero-order chi connectivity index (χ0) is 9.31. The van der Waals surface area contributed by atoms with Gasteiger partial charge in [0.15, 0.2) is 0 Å². The van der Waals surface area contributed by atoms with Gasteiger partial charge in [-0.2, -0.15) is 0 Å². The molecule has 70 valence electrons. The van der Waals surface area contributed by atoms with Gasteiger partial charge in [0, 0.05) is 24.4 Å². The fourth-order valence-electron chi connectivity index (χ4n) is 2.29. The first-order valence-corrected chi connectivity index (χ1v) is 4.94. The Labute approximate surface area is 79.2 Å². The molecular formula is C11H16N2. The Balaban J connectivity index is 2.25. The molecular weight excluding hydrogens is 160 g/mol. The van der Waals surface area contributed by atoms with E-state index in [0.717, 1.165) is 12.5 Å². The van der Waals surface area contributed by atoms with Crippen LogP contribution in [0.4, 0.5) is 0 Å². The molecule has 0 spiro atoms. The van der Waals surface area contributed by atoms with Gasteiger partial charge in [-0.1, -0.05) is 19.4 Å². The zero-order valence-electron chi connectivity index (χ0n) is 8.03. The normalized spacial score (nSPS) is 31.7. The second-order valence-corrected chi connectivity index (χ2v) is 3.91. The van der Waals surface area contributed by atoms with E-state index in [1.54, 1.807) is 0 Å². The highest BCUT2D eigenvalue weighted by molar-refractivity contribution is 5.31. The molecule has 0 radical (unpaired) electrons. The van der Waals surface area contributed by atoms with Gasteiger partial charge in [-0.25, -0.2) is 0 Å². The molecule has 1 aliphatic carbocycles. The van der Waals surface area contributed by atoms with E-state index < -0.39 is 0 Å². The van der Waals surface area contributed by atoms with Crippen molar-refractivity contribution < 1.29 is 0 Å². The summed E-state index contributed by atoms with van der Waals surface area (Å²) in [5.74, 6) is 0.779. The minimum absolute atomic E-state index is 0.267.